The quantitative estimate of drug-likeness (QED) is 0.799. The number of amides is 1. The lowest BCUT2D eigenvalue weighted by molar-refractivity contribution is -0.117. The van der Waals surface area contributed by atoms with E-state index < -0.39 is 0 Å². The minimum Gasteiger partial charge on any atom is -0.493 e. The number of pyridine rings is 1. The predicted octanol–water partition coefficient (Wildman–Crippen LogP) is 4.22. The summed E-state index contributed by atoms with van der Waals surface area (Å²) in [6.07, 6.45) is 7.07. The molecular weight excluding hydrogens is 348 g/mol. The second-order valence-corrected chi connectivity index (χ2v) is 8.79. The van der Waals surface area contributed by atoms with Crippen molar-refractivity contribution in [3.63, 3.8) is 0 Å². The van der Waals surface area contributed by atoms with E-state index in [2.05, 4.69) is 55.3 Å². The van der Waals surface area contributed by atoms with Crippen molar-refractivity contribution in [2.75, 3.05) is 6.61 Å². The van der Waals surface area contributed by atoms with Gasteiger partial charge in [0, 0.05) is 42.4 Å². The van der Waals surface area contributed by atoms with Crippen LogP contribution in [0.25, 0.3) is 5.57 Å². The number of benzene rings is 1. The van der Waals surface area contributed by atoms with E-state index in [0.717, 1.165) is 48.3 Å². The molecule has 1 atom stereocenters. The Morgan fingerprint density at radius 2 is 2.11 bits per heavy atom. The molecule has 4 rings (SSSR count). The van der Waals surface area contributed by atoms with Crippen molar-refractivity contribution in [1.82, 2.24) is 10.3 Å². The van der Waals surface area contributed by atoms with Gasteiger partial charge in [-0.2, -0.15) is 0 Å². The molecule has 2 aromatic rings. The third kappa shape index (κ3) is 3.96. The Bertz CT molecular complexity index is 924. The Hall–Kier alpha value is -2.62. The lowest BCUT2D eigenvalue weighted by Gasteiger charge is -2.26. The first-order chi connectivity index (χ1) is 13.4. The molecule has 1 amide bonds. The van der Waals surface area contributed by atoms with E-state index >= 15 is 0 Å². The highest BCUT2D eigenvalue weighted by atomic mass is 16.5. The number of rotatable bonds is 2. The third-order valence-electron chi connectivity index (χ3n) is 5.66. The molecule has 4 nitrogen and oxygen atoms in total. The first-order valence-electron chi connectivity index (χ1n) is 10.1. The van der Waals surface area contributed by atoms with Crippen molar-refractivity contribution in [2.45, 2.75) is 57.9 Å². The lowest BCUT2D eigenvalue weighted by Crippen LogP contribution is -2.38. The number of carbonyl (C=O) groups excluding carboxylic acids is 1. The van der Waals surface area contributed by atoms with Crippen molar-refractivity contribution < 1.29 is 9.53 Å². The SMILES string of the molecule is CC(C)(C)c1ccc2c(c1)OCCC2=CC(=O)NC1CCc2cccnc2C1. The minimum absolute atomic E-state index is 0.0212. The molecule has 0 radical (unpaired) electrons. The first kappa shape index (κ1) is 18.7. The van der Waals surface area contributed by atoms with E-state index in [-0.39, 0.29) is 17.4 Å². The molecular formula is C24H28N2O2. The molecule has 1 unspecified atom stereocenters. The van der Waals surface area contributed by atoms with Crippen LogP contribution in [0.5, 0.6) is 5.75 Å². The average Bonchev–Trinajstić information content (AvgIpc) is 2.67. The van der Waals surface area contributed by atoms with E-state index in [1.165, 1.54) is 11.1 Å². The van der Waals surface area contributed by atoms with Gasteiger partial charge in [0.1, 0.15) is 5.75 Å². The summed E-state index contributed by atoms with van der Waals surface area (Å²) in [6.45, 7) is 7.19. The zero-order valence-corrected chi connectivity index (χ0v) is 16.9. The molecule has 2 aliphatic rings. The molecule has 0 bridgehead atoms. The number of fused-ring (bicyclic) bond motifs is 2. The Morgan fingerprint density at radius 3 is 2.93 bits per heavy atom. The normalized spacial score (nSPS) is 20.1. The van der Waals surface area contributed by atoms with Crippen LogP contribution in [0.4, 0.5) is 0 Å². The van der Waals surface area contributed by atoms with Crippen LogP contribution in [0.1, 0.15) is 56.0 Å². The van der Waals surface area contributed by atoms with Crippen molar-refractivity contribution >= 4 is 11.5 Å². The van der Waals surface area contributed by atoms with Crippen LogP contribution in [0.3, 0.4) is 0 Å². The van der Waals surface area contributed by atoms with Crippen LogP contribution in [-0.2, 0) is 23.1 Å². The fraction of sp³-hybridized carbons (Fsp3) is 0.417. The van der Waals surface area contributed by atoms with Crippen molar-refractivity contribution in [3.05, 3.63) is 65.0 Å². The number of nitrogens with zero attached hydrogens (tertiary/aromatic N) is 1. The van der Waals surface area contributed by atoms with Gasteiger partial charge < -0.3 is 10.1 Å². The van der Waals surface area contributed by atoms with Crippen molar-refractivity contribution in [2.24, 2.45) is 0 Å². The second kappa shape index (κ2) is 7.42. The molecule has 28 heavy (non-hydrogen) atoms. The summed E-state index contributed by atoms with van der Waals surface area (Å²) < 4.78 is 5.88. The van der Waals surface area contributed by atoms with E-state index in [9.17, 15) is 4.79 Å². The van der Waals surface area contributed by atoms with Gasteiger partial charge in [0.15, 0.2) is 0 Å². The van der Waals surface area contributed by atoms with Gasteiger partial charge in [0.25, 0.3) is 0 Å². The number of carbonyl (C=O) groups is 1. The number of hydrogen-bond donors (Lipinski definition) is 1. The minimum atomic E-state index is -0.0212. The molecule has 1 aliphatic carbocycles. The lowest BCUT2D eigenvalue weighted by atomic mass is 9.85. The summed E-state index contributed by atoms with van der Waals surface area (Å²) in [5.41, 5.74) is 5.81. The molecule has 1 aromatic heterocycles. The van der Waals surface area contributed by atoms with Crippen LogP contribution in [0, 0.1) is 0 Å². The second-order valence-electron chi connectivity index (χ2n) is 8.79. The highest BCUT2D eigenvalue weighted by Crippen LogP contribution is 2.36. The van der Waals surface area contributed by atoms with E-state index in [1.807, 2.05) is 12.3 Å². The number of aryl methyl sites for hydroxylation is 1. The maximum atomic E-state index is 12.7. The zero-order chi connectivity index (χ0) is 19.7. The summed E-state index contributed by atoms with van der Waals surface area (Å²) >= 11 is 0. The number of hydrogen-bond acceptors (Lipinski definition) is 3. The van der Waals surface area contributed by atoms with E-state index in [0.29, 0.717) is 6.61 Å². The third-order valence-corrected chi connectivity index (χ3v) is 5.66. The molecule has 0 spiro atoms. The summed E-state index contributed by atoms with van der Waals surface area (Å²) in [5, 5.41) is 3.18. The zero-order valence-electron chi connectivity index (χ0n) is 16.9. The first-order valence-corrected chi connectivity index (χ1v) is 10.1. The maximum absolute atomic E-state index is 12.7. The molecule has 0 saturated heterocycles. The van der Waals surface area contributed by atoms with Crippen molar-refractivity contribution in [3.8, 4) is 5.75 Å². The van der Waals surface area contributed by atoms with Gasteiger partial charge in [0.05, 0.1) is 6.61 Å². The molecule has 1 aliphatic heterocycles. The van der Waals surface area contributed by atoms with Gasteiger partial charge >= 0.3 is 0 Å². The van der Waals surface area contributed by atoms with Crippen LogP contribution >= 0.6 is 0 Å². The summed E-state index contributed by atoms with van der Waals surface area (Å²) in [6, 6.07) is 10.6. The Kier molecular flexibility index (Phi) is 4.96. The Labute approximate surface area is 167 Å². The van der Waals surface area contributed by atoms with Gasteiger partial charge in [-0.3, -0.25) is 9.78 Å². The molecule has 2 heterocycles. The van der Waals surface area contributed by atoms with Gasteiger partial charge in [0.2, 0.25) is 5.91 Å². The Balaban J connectivity index is 1.49. The maximum Gasteiger partial charge on any atom is 0.244 e. The number of nitrogens with one attached hydrogen (secondary N) is 1. The van der Waals surface area contributed by atoms with Crippen LogP contribution < -0.4 is 10.1 Å². The van der Waals surface area contributed by atoms with Crippen LogP contribution in [0.2, 0.25) is 0 Å². The highest BCUT2D eigenvalue weighted by Gasteiger charge is 2.23. The topological polar surface area (TPSA) is 51.2 Å². The van der Waals surface area contributed by atoms with Gasteiger partial charge in [-0.05, 0) is 47.1 Å². The molecule has 0 fully saturated rings. The predicted molar refractivity (Wildman–Crippen MR) is 111 cm³/mol. The standard InChI is InChI=1S/C24H28N2O2/c1-24(2,3)18-7-9-20-17(10-12-28-22(20)14-18)13-23(27)26-19-8-6-16-5-4-11-25-21(16)15-19/h4-5,7,9,11,13-14,19H,6,8,10,12,15H2,1-3H3,(H,26,27). The van der Waals surface area contributed by atoms with Gasteiger partial charge in [-0.25, -0.2) is 0 Å². The molecule has 4 heteroatoms. The molecule has 0 saturated carbocycles. The fourth-order valence-corrected chi connectivity index (χ4v) is 4.00. The van der Waals surface area contributed by atoms with Gasteiger partial charge in [-0.15, -0.1) is 0 Å². The summed E-state index contributed by atoms with van der Waals surface area (Å²) in [7, 11) is 0. The van der Waals surface area contributed by atoms with E-state index in [1.54, 1.807) is 6.08 Å². The average molecular weight is 377 g/mol. The molecule has 146 valence electrons. The van der Waals surface area contributed by atoms with Gasteiger partial charge in [-0.1, -0.05) is 39.0 Å². The largest absolute Gasteiger partial charge is 0.493 e. The fourth-order valence-electron chi connectivity index (χ4n) is 4.00. The smallest absolute Gasteiger partial charge is 0.244 e. The molecule has 1 N–H and O–H groups in total. The van der Waals surface area contributed by atoms with Crippen molar-refractivity contribution in [1.29, 1.82) is 0 Å². The number of ether oxygens (including phenoxy) is 1. The molecule has 1 aromatic carbocycles. The highest BCUT2D eigenvalue weighted by molar-refractivity contribution is 5.96. The Morgan fingerprint density at radius 1 is 1.25 bits per heavy atom. The van der Waals surface area contributed by atoms with Crippen LogP contribution in [-0.4, -0.2) is 23.5 Å². The summed E-state index contributed by atoms with van der Waals surface area (Å²) in [5.74, 6) is 0.862. The van der Waals surface area contributed by atoms with Crippen LogP contribution in [0.15, 0.2) is 42.6 Å². The van der Waals surface area contributed by atoms with E-state index in [4.69, 9.17) is 4.74 Å². The monoisotopic (exact) mass is 376 g/mol. The number of aromatic nitrogens is 1. The summed E-state index contributed by atoms with van der Waals surface area (Å²) in [4.78, 5) is 17.1.